The van der Waals surface area contributed by atoms with Crippen LogP contribution in [-0.4, -0.2) is 138 Å². The molecule has 158 valence electrons. The van der Waals surface area contributed by atoms with Crippen molar-refractivity contribution in [2.75, 3.05) is 95.6 Å². The minimum absolute atomic E-state index is 0.931. The maximum Gasteiger partial charge on any atom is 0.195 e. The van der Waals surface area contributed by atoms with Gasteiger partial charge < -0.3 is 19.6 Å². The Morgan fingerprint density at radius 2 is 0.926 bits per heavy atom. The van der Waals surface area contributed by atoms with Crippen LogP contribution in [0.2, 0.25) is 0 Å². The fourth-order valence-electron chi connectivity index (χ4n) is 2.69. The molecule has 8 nitrogen and oxygen atoms in total. The predicted octanol–water partition coefficient (Wildman–Crippen LogP) is 0.728. The standard InChI is InChI=1S/C19H42N8/c1-17(20-3)24(8)11-14-27(15-12-25(9)18(2)21-4)16-13-26(10)19(22-5)23(6)7/h11-16H2,1-10H3. The van der Waals surface area contributed by atoms with Crippen LogP contribution in [0.15, 0.2) is 15.0 Å². The third-order valence-electron chi connectivity index (χ3n) is 4.95. The Kier molecular flexibility index (Phi) is 12.5. The molecule has 0 aliphatic rings. The van der Waals surface area contributed by atoms with Gasteiger partial charge in [-0.3, -0.25) is 19.9 Å². The Hall–Kier alpha value is -1.83. The summed E-state index contributed by atoms with van der Waals surface area (Å²) < 4.78 is 0. The summed E-state index contributed by atoms with van der Waals surface area (Å²) in [7, 11) is 15.9. The van der Waals surface area contributed by atoms with Gasteiger partial charge in [0.25, 0.3) is 0 Å². The van der Waals surface area contributed by atoms with Crippen LogP contribution in [0.1, 0.15) is 13.8 Å². The number of hydrogen-bond donors (Lipinski definition) is 0. The lowest BCUT2D eigenvalue weighted by molar-refractivity contribution is 0.224. The van der Waals surface area contributed by atoms with Crippen molar-refractivity contribution in [2.24, 2.45) is 15.0 Å². The van der Waals surface area contributed by atoms with E-state index in [-0.39, 0.29) is 0 Å². The van der Waals surface area contributed by atoms with E-state index in [1.165, 1.54) is 0 Å². The molecule has 0 aliphatic heterocycles. The lowest BCUT2D eigenvalue weighted by Crippen LogP contribution is -2.45. The first-order valence-corrected chi connectivity index (χ1v) is 9.54. The predicted molar refractivity (Wildman–Crippen MR) is 119 cm³/mol. The number of guanidine groups is 1. The first kappa shape index (κ1) is 25.2. The maximum atomic E-state index is 4.38. The number of likely N-dealkylation sites (N-methyl/N-ethyl adjacent to an activating group) is 3. The van der Waals surface area contributed by atoms with Gasteiger partial charge in [0.15, 0.2) is 5.96 Å². The van der Waals surface area contributed by atoms with Crippen molar-refractivity contribution in [2.45, 2.75) is 13.8 Å². The van der Waals surface area contributed by atoms with Crippen LogP contribution in [0.5, 0.6) is 0 Å². The molecule has 0 bridgehead atoms. The first-order chi connectivity index (χ1) is 12.7. The Bertz CT molecular complexity index is 470. The van der Waals surface area contributed by atoms with Crippen molar-refractivity contribution in [3.8, 4) is 0 Å². The SMILES string of the molecule is CN=C(C)N(C)CCN(CCN(C)C(C)=NC)CCN(C)C(=NC)N(C)C. The highest BCUT2D eigenvalue weighted by Crippen LogP contribution is 1.98. The minimum atomic E-state index is 0.931. The molecule has 0 saturated carbocycles. The van der Waals surface area contributed by atoms with Gasteiger partial charge in [0.2, 0.25) is 0 Å². The van der Waals surface area contributed by atoms with Crippen molar-refractivity contribution >= 4 is 17.6 Å². The van der Waals surface area contributed by atoms with Gasteiger partial charge in [-0.05, 0) is 13.8 Å². The second kappa shape index (κ2) is 13.4. The summed E-state index contributed by atoms with van der Waals surface area (Å²) in [6, 6.07) is 0. The highest BCUT2D eigenvalue weighted by atomic mass is 15.4. The molecule has 0 spiro atoms. The molecule has 0 aromatic carbocycles. The molecule has 0 aliphatic carbocycles. The van der Waals surface area contributed by atoms with Crippen molar-refractivity contribution in [1.82, 2.24) is 24.5 Å². The Balaban J connectivity index is 4.85. The van der Waals surface area contributed by atoms with E-state index in [4.69, 9.17) is 0 Å². The third kappa shape index (κ3) is 9.60. The quantitative estimate of drug-likeness (QED) is 0.435. The van der Waals surface area contributed by atoms with Gasteiger partial charge in [0.05, 0.1) is 11.7 Å². The number of hydrogen-bond acceptors (Lipinski definition) is 4. The zero-order valence-corrected chi connectivity index (χ0v) is 19.3. The Morgan fingerprint density at radius 1 is 0.556 bits per heavy atom. The van der Waals surface area contributed by atoms with Crippen LogP contribution in [0.3, 0.4) is 0 Å². The fraction of sp³-hybridized carbons (Fsp3) is 0.842. The van der Waals surface area contributed by atoms with Crippen LogP contribution in [0.25, 0.3) is 0 Å². The van der Waals surface area contributed by atoms with Gasteiger partial charge in [-0.1, -0.05) is 0 Å². The number of aliphatic imine (C=N–C) groups is 3. The second-order valence-electron chi connectivity index (χ2n) is 7.07. The monoisotopic (exact) mass is 382 g/mol. The average Bonchev–Trinajstić information content (AvgIpc) is 2.65. The van der Waals surface area contributed by atoms with E-state index >= 15 is 0 Å². The van der Waals surface area contributed by atoms with E-state index in [9.17, 15) is 0 Å². The van der Waals surface area contributed by atoms with Gasteiger partial charge >= 0.3 is 0 Å². The molecular weight excluding hydrogens is 340 g/mol. The molecule has 0 saturated heterocycles. The molecule has 0 heterocycles. The Labute approximate surface area is 167 Å². The molecule has 0 N–H and O–H groups in total. The fourth-order valence-corrected chi connectivity index (χ4v) is 2.69. The summed E-state index contributed by atoms with van der Waals surface area (Å²) in [5.74, 6) is 3.12. The van der Waals surface area contributed by atoms with Gasteiger partial charge in [-0.2, -0.15) is 0 Å². The van der Waals surface area contributed by atoms with Crippen molar-refractivity contribution < 1.29 is 0 Å². The highest BCUT2D eigenvalue weighted by Gasteiger charge is 2.13. The summed E-state index contributed by atoms with van der Waals surface area (Å²) >= 11 is 0. The summed E-state index contributed by atoms with van der Waals surface area (Å²) in [6.45, 7) is 9.92. The van der Waals surface area contributed by atoms with Gasteiger partial charge in [-0.25, -0.2) is 0 Å². The maximum absolute atomic E-state index is 4.38. The number of amidine groups is 2. The lowest BCUT2D eigenvalue weighted by atomic mass is 10.3. The molecule has 0 fully saturated rings. The molecule has 8 heteroatoms. The van der Waals surface area contributed by atoms with Gasteiger partial charge in [0.1, 0.15) is 0 Å². The normalized spacial score (nSPS) is 13.2. The van der Waals surface area contributed by atoms with Crippen molar-refractivity contribution in [3.05, 3.63) is 0 Å². The zero-order chi connectivity index (χ0) is 21.0. The van der Waals surface area contributed by atoms with E-state index in [1.807, 2.05) is 54.0 Å². The molecule has 0 aromatic rings. The topological polar surface area (TPSA) is 53.3 Å². The number of rotatable bonds is 9. The van der Waals surface area contributed by atoms with Gasteiger partial charge in [0, 0.05) is 95.6 Å². The van der Waals surface area contributed by atoms with Crippen molar-refractivity contribution in [3.63, 3.8) is 0 Å². The van der Waals surface area contributed by atoms with E-state index in [0.717, 1.165) is 56.9 Å². The van der Waals surface area contributed by atoms with Crippen LogP contribution < -0.4 is 0 Å². The molecule has 27 heavy (non-hydrogen) atoms. The van der Waals surface area contributed by atoms with E-state index in [0.29, 0.717) is 0 Å². The van der Waals surface area contributed by atoms with Gasteiger partial charge in [-0.15, -0.1) is 0 Å². The summed E-state index contributed by atoms with van der Waals surface area (Å²) in [5.41, 5.74) is 0. The highest BCUT2D eigenvalue weighted by molar-refractivity contribution is 5.80. The van der Waals surface area contributed by atoms with E-state index in [1.54, 1.807) is 0 Å². The number of nitrogens with zero attached hydrogens (tertiary/aromatic N) is 8. The molecule has 0 aromatic heterocycles. The summed E-state index contributed by atoms with van der Waals surface area (Å²) in [6.07, 6.45) is 0. The summed E-state index contributed by atoms with van der Waals surface area (Å²) in [5, 5.41) is 0. The smallest absolute Gasteiger partial charge is 0.195 e. The van der Waals surface area contributed by atoms with Crippen molar-refractivity contribution in [1.29, 1.82) is 0 Å². The summed E-state index contributed by atoms with van der Waals surface area (Å²) in [4.78, 5) is 24.1. The first-order valence-electron chi connectivity index (χ1n) is 9.54. The lowest BCUT2D eigenvalue weighted by Gasteiger charge is -2.32. The minimum Gasteiger partial charge on any atom is -0.362 e. The van der Waals surface area contributed by atoms with E-state index in [2.05, 4.69) is 55.7 Å². The second-order valence-corrected chi connectivity index (χ2v) is 7.07. The van der Waals surface area contributed by atoms with E-state index < -0.39 is 0 Å². The average molecular weight is 383 g/mol. The van der Waals surface area contributed by atoms with Crippen LogP contribution in [0.4, 0.5) is 0 Å². The molecule has 0 rings (SSSR count). The van der Waals surface area contributed by atoms with Crippen LogP contribution >= 0.6 is 0 Å². The molecule has 0 radical (unpaired) electrons. The third-order valence-corrected chi connectivity index (χ3v) is 4.95. The molecule has 0 unspecified atom stereocenters. The largest absolute Gasteiger partial charge is 0.362 e. The molecule has 0 atom stereocenters. The zero-order valence-electron chi connectivity index (χ0n) is 19.3. The van der Waals surface area contributed by atoms with Crippen LogP contribution in [0, 0.1) is 0 Å². The Morgan fingerprint density at radius 3 is 1.22 bits per heavy atom. The van der Waals surface area contributed by atoms with Crippen LogP contribution in [-0.2, 0) is 0 Å². The molecule has 0 amide bonds. The molecular formula is C19H42N8.